The Hall–Kier alpha value is -2.61. The molecule has 8 heteroatoms. The molecule has 0 aliphatic rings. The Balaban J connectivity index is 1.90. The molecule has 23 heavy (non-hydrogen) atoms. The lowest BCUT2D eigenvalue weighted by molar-refractivity contribution is -0.118. The Morgan fingerprint density at radius 1 is 1.26 bits per heavy atom. The molecule has 0 saturated heterocycles. The van der Waals surface area contributed by atoms with Crippen molar-refractivity contribution < 1.29 is 14.3 Å². The van der Waals surface area contributed by atoms with Crippen molar-refractivity contribution >= 4 is 23.9 Å². The summed E-state index contributed by atoms with van der Waals surface area (Å²) in [4.78, 5) is 19.8. The Labute approximate surface area is 138 Å². The van der Waals surface area contributed by atoms with Crippen molar-refractivity contribution in [3.05, 3.63) is 42.2 Å². The summed E-state index contributed by atoms with van der Waals surface area (Å²) in [5.41, 5.74) is 3.15. The predicted molar refractivity (Wildman–Crippen MR) is 88.0 cm³/mol. The van der Waals surface area contributed by atoms with Gasteiger partial charge in [0.1, 0.15) is 0 Å². The molecule has 120 valence electrons. The van der Waals surface area contributed by atoms with Crippen LogP contribution in [0.2, 0.25) is 0 Å². The van der Waals surface area contributed by atoms with Crippen molar-refractivity contribution in [2.75, 3.05) is 20.0 Å². The van der Waals surface area contributed by atoms with E-state index in [4.69, 9.17) is 9.47 Å². The highest BCUT2D eigenvalue weighted by Crippen LogP contribution is 2.29. The van der Waals surface area contributed by atoms with E-state index in [-0.39, 0.29) is 11.7 Å². The van der Waals surface area contributed by atoms with Gasteiger partial charge in [0.15, 0.2) is 16.7 Å². The zero-order valence-corrected chi connectivity index (χ0v) is 13.5. The molecular weight excluding hydrogens is 316 g/mol. The summed E-state index contributed by atoms with van der Waals surface area (Å²) < 4.78 is 10.5. The quantitative estimate of drug-likeness (QED) is 0.360. The van der Waals surface area contributed by atoms with Gasteiger partial charge in [-0.3, -0.25) is 4.79 Å². The van der Waals surface area contributed by atoms with E-state index in [0.29, 0.717) is 22.2 Å². The smallest absolute Gasteiger partial charge is 0.250 e. The molecule has 0 spiro atoms. The van der Waals surface area contributed by atoms with Crippen molar-refractivity contribution in [3.63, 3.8) is 0 Å². The molecule has 0 aliphatic carbocycles. The van der Waals surface area contributed by atoms with Crippen LogP contribution in [0.5, 0.6) is 11.5 Å². The number of nitrogens with one attached hydrogen (secondary N) is 1. The summed E-state index contributed by atoms with van der Waals surface area (Å²) in [7, 11) is 3.10. The largest absolute Gasteiger partial charge is 0.493 e. The van der Waals surface area contributed by atoms with Gasteiger partial charge in [0.2, 0.25) is 0 Å². The van der Waals surface area contributed by atoms with E-state index in [9.17, 15) is 4.79 Å². The molecule has 0 radical (unpaired) electrons. The molecule has 7 nitrogen and oxygen atoms in total. The van der Waals surface area contributed by atoms with E-state index in [1.165, 1.54) is 18.0 Å². The van der Waals surface area contributed by atoms with Gasteiger partial charge in [-0.25, -0.2) is 15.4 Å². The molecule has 0 saturated carbocycles. The Bertz CT molecular complexity index is 680. The molecule has 0 atom stereocenters. The zero-order valence-electron chi connectivity index (χ0n) is 12.7. The minimum atomic E-state index is -0.249. The second-order valence-corrected chi connectivity index (χ2v) is 5.14. The van der Waals surface area contributed by atoms with Gasteiger partial charge < -0.3 is 9.47 Å². The topological polar surface area (TPSA) is 85.7 Å². The highest BCUT2D eigenvalue weighted by Gasteiger charge is 2.07. The molecule has 0 fully saturated rings. The number of amides is 1. The number of thioether (sulfide) groups is 1. The van der Waals surface area contributed by atoms with Crippen LogP contribution in [0.4, 0.5) is 0 Å². The van der Waals surface area contributed by atoms with Crippen LogP contribution in [-0.4, -0.2) is 42.1 Å². The van der Waals surface area contributed by atoms with Gasteiger partial charge in [-0.05, 0) is 18.2 Å². The van der Waals surface area contributed by atoms with Crippen LogP contribution in [0.1, 0.15) is 5.56 Å². The second-order valence-electron chi connectivity index (χ2n) is 4.20. The summed E-state index contributed by atoms with van der Waals surface area (Å²) >= 11 is 1.24. The number of methoxy groups -OCH3 is 2. The standard InChI is InChI=1S/C15H16N4O3S/c1-21-12-6-3-5-11(14(12)22-2)9-18-19-13(20)10-23-15-16-7-4-8-17-15/h3-9H,10H2,1-2H3,(H,19,20). The lowest BCUT2D eigenvalue weighted by Crippen LogP contribution is -2.19. The minimum absolute atomic E-state index is 0.177. The number of hydrogen-bond donors (Lipinski definition) is 1. The first-order valence-electron chi connectivity index (χ1n) is 6.67. The summed E-state index contributed by atoms with van der Waals surface area (Å²) in [6.45, 7) is 0. The molecule has 1 aromatic heterocycles. The summed E-state index contributed by atoms with van der Waals surface area (Å²) in [6, 6.07) is 7.12. The van der Waals surface area contributed by atoms with Gasteiger partial charge in [-0.15, -0.1) is 0 Å². The van der Waals surface area contributed by atoms with Crippen LogP contribution < -0.4 is 14.9 Å². The number of hydrogen-bond acceptors (Lipinski definition) is 7. The first-order chi connectivity index (χ1) is 11.2. The average molecular weight is 332 g/mol. The maximum atomic E-state index is 11.7. The summed E-state index contributed by atoms with van der Waals surface area (Å²) in [5, 5.41) is 4.47. The molecular formula is C15H16N4O3S. The van der Waals surface area contributed by atoms with Gasteiger partial charge in [0.05, 0.1) is 26.2 Å². The fourth-order valence-electron chi connectivity index (χ4n) is 1.71. The van der Waals surface area contributed by atoms with E-state index in [2.05, 4.69) is 20.5 Å². The van der Waals surface area contributed by atoms with Crippen LogP contribution in [0.25, 0.3) is 0 Å². The number of benzene rings is 1. The van der Waals surface area contributed by atoms with E-state index in [0.717, 1.165) is 0 Å². The number of carbonyl (C=O) groups is 1. The van der Waals surface area contributed by atoms with E-state index in [1.807, 2.05) is 12.1 Å². The number of nitrogens with zero attached hydrogens (tertiary/aromatic N) is 3. The number of rotatable bonds is 7. The van der Waals surface area contributed by atoms with Gasteiger partial charge in [-0.1, -0.05) is 17.8 Å². The normalized spacial score (nSPS) is 10.5. The molecule has 1 N–H and O–H groups in total. The highest BCUT2D eigenvalue weighted by atomic mass is 32.2. The van der Waals surface area contributed by atoms with Crippen molar-refractivity contribution in [1.29, 1.82) is 0 Å². The number of para-hydroxylation sites is 1. The fraction of sp³-hybridized carbons (Fsp3) is 0.200. The van der Waals surface area contributed by atoms with E-state index >= 15 is 0 Å². The SMILES string of the molecule is COc1cccc(C=NNC(=O)CSc2ncccn2)c1OC. The molecule has 0 aliphatic heterocycles. The average Bonchev–Trinajstić information content (AvgIpc) is 2.60. The molecule has 0 unspecified atom stereocenters. The summed E-state index contributed by atoms with van der Waals surface area (Å²) in [5.74, 6) is 1.08. The van der Waals surface area contributed by atoms with Gasteiger partial charge >= 0.3 is 0 Å². The predicted octanol–water partition coefficient (Wildman–Crippen LogP) is 1.74. The van der Waals surface area contributed by atoms with Crippen LogP contribution in [-0.2, 0) is 4.79 Å². The molecule has 1 aromatic carbocycles. The number of ether oxygens (including phenoxy) is 2. The molecule has 1 heterocycles. The maximum absolute atomic E-state index is 11.7. The number of hydrazone groups is 1. The van der Waals surface area contributed by atoms with Crippen molar-refractivity contribution in [2.24, 2.45) is 5.10 Å². The van der Waals surface area contributed by atoms with Crippen LogP contribution in [0, 0.1) is 0 Å². The Morgan fingerprint density at radius 2 is 2.04 bits per heavy atom. The summed E-state index contributed by atoms with van der Waals surface area (Å²) in [6.07, 6.45) is 4.75. The van der Waals surface area contributed by atoms with E-state index < -0.39 is 0 Å². The third kappa shape index (κ3) is 4.96. The van der Waals surface area contributed by atoms with Gasteiger partial charge in [0.25, 0.3) is 5.91 Å². The van der Waals surface area contributed by atoms with Crippen molar-refractivity contribution in [2.45, 2.75) is 5.16 Å². The van der Waals surface area contributed by atoms with Gasteiger partial charge in [-0.2, -0.15) is 5.10 Å². The Kier molecular flexibility index (Phi) is 6.37. The van der Waals surface area contributed by atoms with Crippen LogP contribution in [0.15, 0.2) is 46.9 Å². The Morgan fingerprint density at radius 3 is 2.74 bits per heavy atom. The first kappa shape index (κ1) is 16.8. The molecule has 1 amide bonds. The third-order valence-electron chi connectivity index (χ3n) is 2.70. The maximum Gasteiger partial charge on any atom is 0.250 e. The van der Waals surface area contributed by atoms with Crippen LogP contribution in [0.3, 0.4) is 0 Å². The fourth-order valence-corrected chi connectivity index (χ4v) is 2.31. The second kappa shape index (κ2) is 8.74. The van der Waals surface area contributed by atoms with E-state index in [1.54, 1.807) is 38.7 Å². The minimum Gasteiger partial charge on any atom is -0.493 e. The monoisotopic (exact) mass is 332 g/mol. The number of aromatic nitrogens is 2. The molecule has 0 bridgehead atoms. The van der Waals surface area contributed by atoms with Crippen LogP contribution >= 0.6 is 11.8 Å². The molecule has 2 rings (SSSR count). The number of carbonyl (C=O) groups excluding carboxylic acids is 1. The highest BCUT2D eigenvalue weighted by molar-refractivity contribution is 7.99. The molecule has 2 aromatic rings. The van der Waals surface area contributed by atoms with Gasteiger partial charge in [0, 0.05) is 18.0 Å². The lowest BCUT2D eigenvalue weighted by Gasteiger charge is -2.09. The third-order valence-corrected chi connectivity index (χ3v) is 3.58. The van der Waals surface area contributed by atoms with Crippen molar-refractivity contribution in [3.8, 4) is 11.5 Å². The lowest BCUT2D eigenvalue weighted by atomic mass is 10.2. The zero-order chi connectivity index (χ0) is 16.5. The first-order valence-corrected chi connectivity index (χ1v) is 7.66. The van der Waals surface area contributed by atoms with Crippen molar-refractivity contribution in [1.82, 2.24) is 15.4 Å².